The van der Waals surface area contributed by atoms with E-state index in [0.717, 1.165) is 28.1 Å². The Kier molecular flexibility index (Phi) is 5.69. The van der Waals surface area contributed by atoms with Gasteiger partial charge in [0.05, 0.1) is 12.2 Å². The highest BCUT2D eigenvalue weighted by Crippen LogP contribution is 2.40. The molecule has 5 nitrogen and oxygen atoms in total. The number of amides is 2. The van der Waals surface area contributed by atoms with Crippen molar-refractivity contribution in [3.63, 3.8) is 0 Å². The van der Waals surface area contributed by atoms with E-state index in [2.05, 4.69) is 38.2 Å². The first-order chi connectivity index (χ1) is 13.6. The number of hydrogen-bond acceptors (Lipinski definition) is 3. The summed E-state index contributed by atoms with van der Waals surface area (Å²) in [6.45, 7) is 12.7. The van der Waals surface area contributed by atoms with Crippen molar-refractivity contribution in [3.05, 3.63) is 58.7 Å². The van der Waals surface area contributed by atoms with Gasteiger partial charge in [-0.2, -0.15) is 0 Å². The summed E-state index contributed by atoms with van der Waals surface area (Å²) in [4.78, 5) is 26.4. The number of anilines is 1. The van der Waals surface area contributed by atoms with Gasteiger partial charge in [-0.25, -0.2) is 0 Å². The van der Waals surface area contributed by atoms with Crippen LogP contribution in [0.5, 0.6) is 5.75 Å². The molecule has 2 aromatic carbocycles. The lowest BCUT2D eigenvalue weighted by molar-refractivity contribution is -0.126. The Hall–Kier alpha value is -2.82. The van der Waals surface area contributed by atoms with Crippen LogP contribution >= 0.6 is 0 Å². The van der Waals surface area contributed by atoms with Crippen LogP contribution < -0.4 is 15.0 Å². The molecular formula is C24H30N2O3. The Morgan fingerprint density at radius 3 is 2.28 bits per heavy atom. The Labute approximate surface area is 173 Å². The van der Waals surface area contributed by atoms with Gasteiger partial charge in [-0.3, -0.25) is 9.59 Å². The molecule has 1 N–H and O–H groups in total. The van der Waals surface area contributed by atoms with E-state index in [-0.39, 0.29) is 17.2 Å². The molecule has 1 atom stereocenters. The van der Waals surface area contributed by atoms with Crippen LogP contribution in [0.4, 0.5) is 5.69 Å². The fourth-order valence-corrected chi connectivity index (χ4v) is 3.80. The SMILES string of the molecule is CC(=O)N[C@H]1C(=O)N(CCOc2ccc(C(C)(C)C)cc2)c2c(C)ccc(C)c21. The van der Waals surface area contributed by atoms with Gasteiger partial charge in [-0.1, -0.05) is 45.0 Å². The maximum absolute atomic E-state index is 13.1. The minimum Gasteiger partial charge on any atom is -0.492 e. The molecule has 0 aliphatic carbocycles. The quantitative estimate of drug-likeness (QED) is 0.827. The van der Waals surface area contributed by atoms with Crippen LogP contribution in [-0.2, 0) is 15.0 Å². The van der Waals surface area contributed by atoms with Gasteiger partial charge in [0.15, 0.2) is 0 Å². The Balaban J connectivity index is 1.75. The molecular weight excluding hydrogens is 364 g/mol. The number of nitrogens with one attached hydrogen (secondary N) is 1. The van der Waals surface area contributed by atoms with E-state index in [1.807, 2.05) is 38.1 Å². The molecule has 2 aromatic rings. The van der Waals surface area contributed by atoms with Crippen LogP contribution in [-0.4, -0.2) is 25.0 Å². The normalized spacial score (nSPS) is 16.0. The van der Waals surface area contributed by atoms with Crippen molar-refractivity contribution in [1.29, 1.82) is 0 Å². The largest absolute Gasteiger partial charge is 0.492 e. The van der Waals surface area contributed by atoms with Gasteiger partial charge < -0.3 is 15.0 Å². The molecule has 154 valence electrons. The van der Waals surface area contributed by atoms with Crippen LogP contribution in [0.1, 0.15) is 56.0 Å². The molecule has 2 amide bonds. The summed E-state index contributed by atoms with van der Waals surface area (Å²) in [5, 5.41) is 2.80. The molecule has 0 saturated carbocycles. The molecule has 0 saturated heterocycles. The number of hydrogen-bond donors (Lipinski definition) is 1. The molecule has 5 heteroatoms. The first-order valence-electron chi connectivity index (χ1n) is 10.0. The monoisotopic (exact) mass is 394 g/mol. The second-order valence-corrected chi connectivity index (χ2v) is 8.71. The van der Waals surface area contributed by atoms with Gasteiger partial charge >= 0.3 is 0 Å². The van der Waals surface area contributed by atoms with E-state index < -0.39 is 6.04 Å². The van der Waals surface area contributed by atoms with Gasteiger partial charge in [0, 0.05) is 12.5 Å². The van der Waals surface area contributed by atoms with Gasteiger partial charge in [-0.15, -0.1) is 0 Å². The number of aryl methyl sites for hydroxylation is 2. The van der Waals surface area contributed by atoms with Crippen LogP contribution in [0, 0.1) is 13.8 Å². The molecule has 1 heterocycles. The summed E-state index contributed by atoms with van der Waals surface area (Å²) in [6, 6.07) is 11.5. The van der Waals surface area contributed by atoms with E-state index >= 15 is 0 Å². The number of benzene rings is 2. The topological polar surface area (TPSA) is 58.6 Å². The summed E-state index contributed by atoms with van der Waals surface area (Å²) in [7, 11) is 0. The predicted molar refractivity (Wildman–Crippen MR) is 115 cm³/mol. The smallest absolute Gasteiger partial charge is 0.254 e. The highest BCUT2D eigenvalue weighted by molar-refractivity contribution is 6.07. The Morgan fingerprint density at radius 2 is 1.69 bits per heavy atom. The summed E-state index contributed by atoms with van der Waals surface area (Å²) >= 11 is 0. The van der Waals surface area contributed by atoms with Gasteiger partial charge in [0.1, 0.15) is 18.4 Å². The number of carbonyl (C=O) groups excluding carboxylic acids is 2. The van der Waals surface area contributed by atoms with Crippen molar-refractivity contribution < 1.29 is 14.3 Å². The van der Waals surface area contributed by atoms with Crippen LogP contribution in [0.3, 0.4) is 0 Å². The fraction of sp³-hybridized carbons (Fsp3) is 0.417. The van der Waals surface area contributed by atoms with Crippen molar-refractivity contribution in [2.75, 3.05) is 18.1 Å². The van der Waals surface area contributed by atoms with Crippen molar-refractivity contribution in [2.45, 2.75) is 53.0 Å². The third-order valence-corrected chi connectivity index (χ3v) is 5.36. The predicted octanol–water partition coefficient (Wildman–Crippen LogP) is 4.20. The first-order valence-corrected chi connectivity index (χ1v) is 10.0. The fourth-order valence-electron chi connectivity index (χ4n) is 3.80. The highest BCUT2D eigenvalue weighted by Gasteiger charge is 2.39. The van der Waals surface area contributed by atoms with E-state index in [1.54, 1.807) is 4.90 Å². The van der Waals surface area contributed by atoms with E-state index in [0.29, 0.717) is 13.2 Å². The third-order valence-electron chi connectivity index (χ3n) is 5.36. The average Bonchev–Trinajstić information content (AvgIpc) is 2.91. The van der Waals surface area contributed by atoms with E-state index in [9.17, 15) is 9.59 Å². The number of nitrogens with zero attached hydrogens (tertiary/aromatic N) is 1. The highest BCUT2D eigenvalue weighted by atomic mass is 16.5. The Bertz CT molecular complexity index is 926. The van der Waals surface area contributed by atoms with Crippen LogP contribution in [0.25, 0.3) is 0 Å². The van der Waals surface area contributed by atoms with E-state index in [4.69, 9.17) is 4.74 Å². The number of rotatable bonds is 5. The van der Waals surface area contributed by atoms with Gasteiger partial charge in [0.25, 0.3) is 5.91 Å². The zero-order valence-corrected chi connectivity index (χ0v) is 18.1. The number of fused-ring (bicyclic) bond motifs is 1. The minimum absolute atomic E-state index is 0.0956. The first kappa shape index (κ1) is 20.9. The maximum Gasteiger partial charge on any atom is 0.254 e. The second kappa shape index (κ2) is 7.90. The lowest BCUT2D eigenvalue weighted by Crippen LogP contribution is -2.38. The van der Waals surface area contributed by atoms with Crippen molar-refractivity contribution in [2.24, 2.45) is 0 Å². The summed E-state index contributed by atoms with van der Waals surface area (Å²) in [6.07, 6.45) is 0. The molecule has 0 unspecified atom stereocenters. The van der Waals surface area contributed by atoms with Crippen LogP contribution in [0.2, 0.25) is 0 Å². The molecule has 3 rings (SSSR count). The summed E-state index contributed by atoms with van der Waals surface area (Å²) < 4.78 is 5.90. The Morgan fingerprint density at radius 1 is 1.07 bits per heavy atom. The molecule has 1 aliphatic heterocycles. The summed E-state index contributed by atoms with van der Waals surface area (Å²) in [5.41, 5.74) is 5.14. The zero-order valence-electron chi connectivity index (χ0n) is 18.1. The van der Waals surface area contributed by atoms with E-state index in [1.165, 1.54) is 12.5 Å². The third kappa shape index (κ3) is 4.29. The average molecular weight is 395 g/mol. The summed E-state index contributed by atoms with van der Waals surface area (Å²) in [5.74, 6) is 0.454. The molecule has 0 bridgehead atoms. The molecule has 29 heavy (non-hydrogen) atoms. The standard InChI is InChI=1S/C24H30N2O3/c1-15-7-8-16(2)22-20(15)21(25-17(3)27)23(28)26(22)13-14-29-19-11-9-18(10-12-19)24(4,5)6/h7-12,21H,13-14H2,1-6H3,(H,25,27)/t21-/m1/s1. The van der Waals surface area contributed by atoms with Crippen molar-refractivity contribution in [1.82, 2.24) is 5.32 Å². The molecule has 0 fully saturated rings. The second-order valence-electron chi connectivity index (χ2n) is 8.71. The maximum atomic E-state index is 13.1. The van der Waals surface area contributed by atoms with Crippen molar-refractivity contribution in [3.8, 4) is 5.75 Å². The van der Waals surface area contributed by atoms with Crippen LogP contribution in [0.15, 0.2) is 36.4 Å². The molecule has 0 radical (unpaired) electrons. The minimum atomic E-state index is -0.631. The number of carbonyl (C=O) groups is 2. The molecule has 0 spiro atoms. The number of ether oxygens (including phenoxy) is 1. The lowest BCUT2D eigenvalue weighted by Gasteiger charge is -2.21. The zero-order chi connectivity index (χ0) is 21.3. The molecule has 1 aliphatic rings. The van der Waals surface area contributed by atoms with Crippen molar-refractivity contribution >= 4 is 17.5 Å². The molecule has 0 aromatic heterocycles. The van der Waals surface area contributed by atoms with Gasteiger partial charge in [-0.05, 0) is 48.1 Å². The lowest BCUT2D eigenvalue weighted by atomic mass is 9.87. The van der Waals surface area contributed by atoms with Gasteiger partial charge in [0.2, 0.25) is 5.91 Å².